The summed E-state index contributed by atoms with van der Waals surface area (Å²) in [5, 5.41) is 6.78. The number of carbonyl (C=O) groups excluding carboxylic acids is 2. The Morgan fingerprint density at radius 2 is 2.09 bits per heavy atom. The Morgan fingerprint density at radius 3 is 2.84 bits per heavy atom. The van der Waals surface area contributed by atoms with Crippen molar-refractivity contribution in [1.82, 2.24) is 20.2 Å². The first-order valence-electron chi connectivity index (χ1n) is 11.0. The van der Waals surface area contributed by atoms with E-state index in [9.17, 15) is 9.59 Å². The van der Waals surface area contributed by atoms with E-state index in [1.54, 1.807) is 11.1 Å². The summed E-state index contributed by atoms with van der Waals surface area (Å²) in [6.07, 6.45) is 5.35. The van der Waals surface area contributed by atoms with Crippen LogP contribution in [0, 0.1) is 0 Å². The van der Waals surface area contributed by atoms with Gasteiger partial charge in [0.1, 0.15) is 6.54 Å². The molecule has 2 amide bonds. The summed E-state index contributed by atoms with van der Waals surface area (Å²) in [5.74, 6) is 0.243. The van der Waals surface area contributed by atoms with Crippen LogP contribution in [0.15, 0.2) is 24.4 Å². The fraction of sp³-hybridized carbons (Fsp3) is 0.478. The summed E-state index contributed by atoms with van der Waals surface area (Å²) in [4.78, 5) is 35.8. The van der Waals surface area contributed by atoms with Gasteiger partial charge in [0.2, 0.25) is 11.9 Å². The second kappa shape index (κ2) is 8.33. The van der Waals surface area contributed by atoms with Gasteiger partial charge in [0.25, 0.3) is 5.91 Å². The minimum Gasteiger partial charge on any atom is -0.381 e. The van der Waals surface area contributed by atoms with Crippen LogP contribution in [-0.4, -0.2) is 58.0 Å². The van der Waals surface area contributed by atoms with E-state index in [0.717, 1.165) is 50.0 Å². The molecule has 3 heterocycles. The van der Waals surface area contributed by atoms with E-state index >= 15 is 0 Å². The maximum Gasteiger partial charge on any atom is 0.254 e. The third kappa shape index (κ3) is 4.42. The molecular weight excluding hydrogens is 430 g/mol. The average molecular weight is 456 g/mol. The van der Waals surface area contributed by atoms with Crippen molar-refractivity contribution in [1.29, 1.82) is 0 Å². The highest BCUT2D eigenvalue weighted by Gasteiger charge is 2.39. The lowest BCUT2D eigenvalue weighted by atomic mass is 10.0. The molecule has 1 aromatic heterocycles. The molecule has 2 aliphatic heterocycles. The van der Waals surface area contributed by atoms with Crippen molar-refractivity contribution in [2.45, 2.75) is 50.7 Å². The third-order valence-corrected chi connectivity index (χ3v) is 6.61. The Morgan fingerprint density at radius 1 is 1.31 bits per heavy atom. The molecule has 0 radical (unpaired) electrons. The minimum atomic E-state index is -0.149. The van der Waals surface area contributed by atoms with Gasteiger partial charge in [0, 0.05) is 42.5 Å². The predicted octanol–water partition coefficient (Wildman–Crippen LogP) is 3.01. The first kappa shape index (κ1) is 21.2. The van der Waals surface area contributed by atoms with Crippen molar-refractivity contribution >= 4 is 29.4 Å². The molecule has 8 nitrogen and oxygen atoms in total. The molecular formula is C23H26ClN5O3. The number of nitrogens with zero attached hydrogens (tertiary/aromatic N) is 3. The first-order chi connectivity index (χ1) is 15.4. The normalized spacial score (nSPS) is 19.6. The van der Waals surface area contributed by atoms with Crippen LogP contribution in [0.1, 0.15) is 48.5 Å². The Kier molecular flexibility index (Phi) is 5.51. The van der Waals surface area contributed by atoms with E-state index in [1.165, 1.54) is 0 Å². The third-order valence-electron chi connectivity index (χ3n) is 6.34. The van der Waals surface area contributed by atoms with Crippen molar-refractivity contribution < 1.29 is 14.3 Å². The van der Waals surface area contributed by atoms with E-state index in [4.69, 9.17) is 16.3 Å². The van der Waals surface area contributed by atoms with E-state index in [2.05, 4.69) is 20.6 Å². The largest absolute Gasteiger partial charge is 0.381 e. The summed E-state index contributed by atoms with van der Waals surface area (Å²) in [6.45, 7) is 3.95. The molecule has 1 saturated carbocycles. The van der Waals surface area contributed by atoms with Crippen LogP contribution in [0.3, 0.4) is 0 Å². The molecule has 1 aliphatic carbocycles. The molecule has 2 fully saturated rings. The lowest BCUT2D eigenvalue weighted by Gasteiger charge is -2.23. The smallest absolute Gasteiger partial charge is 0.254 e. The summed E-state index contributed by atoms with van der Waals surface area (Å²) >= 11 is 6.40. The van der Waals surface area contributed by atoms with Gasteiger partial charge in [-0.3, -0.25) is 9.59 Å². The Hall–Kier alpha value is -2.71. The zero-order valence-corrected chi connectivity index (χ0v) is 18.7. The Balaban J connectivity index is 1.32. The van der Waals surface area contributed by atoms with Crippen LogP contribution in [0.4, 0.5) is 5.95 Å². The summed E-state index contributed by atoms with van der Waals surface area (Å²) in [6, 6.07) is 5.89. The number of aromatic nitrogens is 2. The molecule has 9 heteroatoms. The molecule has 0 bridgehead atoms. The minimum absolute atomic E-state index is 0.0614. The molecule has 0 atom stereocenters. The van der Waals surface area contributed by atoms with Gasteiger partial charge in [-0.15, -0.1) is 0 Å². The summed E-state index contributed by atoms with van der Waals surface area (Å²) in [5.41, 5.74) is 2.71. The number of hydrogen-bond acceptors (Lipinski definition) is 6. The number of benzene rings is 1. The quantitative estimate of drug-likeness (QED) is 0.695. The van der Waals surface area contributed by atoms with Crippen molar-refractivity contribution in [2.75, 3.05) is 25.1 Å². The highest BCUT2D eigenvalue weighted by molar-refractivity contribution is 6.33. The van der Waals surface area contributed by atoms with Crippen LogP contribution in [0.25, 0.3) is 11.3 Å². The number of hydrogen-bond donors (Lipinski definition) is 2. The SMILES string of the molecule is CC1(NC(=O)CN2Cc3ccc(-c4nc(NC5CCOCC5)ncc4Cl)cc3C2=O)CC1. The monoisotopic (exact) mass is 455 g/mol. The molecule has 1 aromatic carbocycles. The van der Waals surface area contributed by atoms with Crippen molar-refractivity contribution in [2.24, 2.45) is 0 Å². The van der Waals surface area contributed by atoms with E-state index in [1.807, 2.05) is 25.1 Å². The molecule has 5 rings (SSSR count). The molecule has 3 aliphatic rings. The van der Waals surface area contributed by atoms with Gasteiger partial charge >= 0.3 is 0 Å². The van der Waals surface area contributed by atoms with E-state index in [-0.39, 0.29) is 29.9 Å². The van der Waals surface area contributed by atoms with Crippen LogP contribution >= 0.6 is 11.6 Å². The topological polar surface area (TPSA) is 96.5 Å². The summed E-state index contributed by atoms with van der Waals surface area (Å²) < 4.78 is 5.40. The highest BCUT2D eigenvalue weighted by Crippen LogP contribution is 2.35. The Bertz CT molecular complexity index is 1070. The van der Waals surface area contributed by atoms with Gasteiger partial charge < -0.3 is 20.3 Å². The lowest BCUT2D eigenvalue weighted by Crippen LogP contribution is -2.42. The fourth-order valence-corrected chi connectivity index (χ4v) is 4.36. The molecule has 168 valence electrons. The van der Waals surface area contributed by atoms with Crippen LogP contribution in [0.5, 0.6) is 0 Å². The fourth-order valence-electron chi connectivity index (χ4n) is 4.16. The van der Waals surface area contributed by atoms with Crippen molar-refractivity contribution in [3.8, 4) is 11.3 Å². The molecule has 0 spiro atoms. The predicted molar refractivity (Wildman–Crippen MR) is 120 cm³/mol. The lowest BCUT2D eigenvalue weighted by molar-refractivity contribution is -0.122. The zero-order valence-electron chi connectivity index (χ0n) is 18.0. The van der Waals surface area contributed by atoms with Gasteiger partial charge in [-0.25, -0.2) is 9.97 Å². The molecule has 32 heavy (non-hydrogen) atoms. The second-order valence-electron chi connectivity index (χ2n) is 9.06. The molecule has 2 aromatic rings. The number of halogens is 1. The standard InChI is InChI=1S/C23H26ClN5O3/c1-23(6-7-23)28-19(30)13-29-12-15-3-2-14(10-17(15)21(29)31)20-18(24)11-25-22(27-20)26-16-4-8-32-9-5-16/h2-3,10-11,16H,4-9,12-13H2,1H3,(H,28,30)(H,25,26,27). The number of rotatable bonds is 6. The van der Waals surface area contributed by atoms with Gasteiger partial charge in [-0.1, -0.05) is 23.7 Å². The maximum atomic E-state index is 13.0. The number of fused-ring (bicyclic) bond motifs is 1. The van der Waals surface area contributed by atoms with E-state index < -0.39 is 0 Å². The summed E-state index contributed by atoms with van der Waals surface area (Å²) in [7, 11) is 0. The van der Waals surface area contributed by atoms with Gasteiger partial charge in [-0.05, 0) is 44.2 Å². The van der Waals surface area contributed by atoms with Crippen LogP contribution < -0.4 is 10.6 Å². The number of amides is 2. The second-order valence-corrected chi connectivity index (χ2v) is 9.47. The number of carbonyl (C=O) groups is 2. The van der Waals surface area contributed by atoms with Crippen molar-refractivity contribution in [3.63, 3.8) is 0 Å². The maximum absolute atomic E-state index is 13.0. The molecule has 1 saturated heterocycles. The first-order valence-corrected chi connectivity index (χ1v) is 11.4. The highest BCUT2D eigenvalue weighted by atomic mass is 35.5. The van der Waals surface area contributed by atoms with Gasteiger partial charge in [0.15, 0.2) is 0 Å². The zero-order chi connectivity index (χ0) is 22.3. The van der Waals surface area contributed by atoms with Crippen LogP contribution in [0.2, 0.25) is 5.02 Å². The van der Waals surface area contributed by atoms with E-state index in [0.29, 0.717) is 28.8 Å². The van der Waals surface area contributed by atoms with Crippen molar-refractivity contribution in [3.05, 3.63) is 40.5 Å². The molecule has 2 N–H and O–H groups in total. The Labute approximate surface area is 191 Å². The van der Waals surface area contributed by atoms with Gasteiger partial charge in [0.05, 0.1) is 16.9 Å². The number of ether oxygens (including phenoxy) is 1. The average Bonchev–Trinajstić information content (AvgIpc) is 3.43. The molecule has 0 unspecified atom stereocenters. The van der Waals surface area contributed by atoms with Gasteiger partial charge in [-0.2, -0.15) is 0 Å². The number of nitrogens with one attached hydrogen (secondary N) is 2. The van der Waals surface area contributed by atoms with Crippen LogP contribution in [-0.2, 0) is 16.1 Å². The number of anilines is 1.